The molecule has 0 spiro atoms. The van der Waals surface area contributed by atoms with Gasteiger partial charge in [0.1, 0.15) is 17.2 Å². The Bertz CT molecular complexity index is 1060. The quantitative estimate of drug-likeness (QED) is 0.519. The van der Waals surface area contributed by atoms with E-state index in [4.69, 9.17) is 10.2 Å². The summed E-state index contributed by atoms with van der Waals surface area (Å²) in [6.07, 6.45) is 1.75. The number of hydrogen-bond acceptors (Lipinski definition) is 5. The molecular weight excluding hydrogens is 284 g/mol. The van der Waals surface area contributed by atoms with Gasteiger partial charge in [-0.3, -0.25) is 9.38 Å². The van der Waals surface area contributed by atoms with E-state index in [0.717, 1.165) is 11.1 Å². The number of aromatic amines is 1. The topological polar surface area (TPSA) is 110 Å². The number of H-pyrrole nitrogens is 1. The number of fused-ring (bicyclic) bond motifs is 2. The Morgan fingerprint density at radius 2 is 2.18 bits per heavy atom. The van der Waals surface area contributed by atoms with Gasteiger partial charge in [0.15, 0.2) is 5.58 Å². The molecule has 0 bridgehead atoms. The number of nitrogen functional groups attached to an aromatic ring is 1. The van der Waals surface area contributed by atoms with Gasteiger partial charge in [0, 0.05) is 11.8 Å². The van der Waals surface area contributed by atoms with E-state index in [9.17, 15) is 9.90 Å². The molecule has 1 aromatic carbocycles. The minimum Gasteiger partial charge on any atom is -0.408 e. The molecule has 3 aromatic heterocycles. The smallest absolute Gasteiger partial charge is 0.408 e. The summed E-state index contributed by atoms with van der Waals surface area (Å²) >= 11 is 0. The van der Waals surface area contributed by atoms with Gasteiger partial charge in [0.2, 0.25) is 0 Å². The average molecular weight is 296 g/mol. The van der Waals surface area contributed by atoms with E-state index in [0.29, 0.717) is 28.3 Å². The van der Waals surface area contributed by atoms with Crippen LogP contribution in [-0.4, -0.2) is 19.5 Å². The maximum Gasteiger partial charge on any atom is 0.417 e. The molecule has 0 saturated carbocycles. The molecule has 0 aliphatic carbocycles. The molecule has 7 nitrogen and oxygen atoms in total. The summed E-state index contributed by atoms with van der Waals surface area (Å²) in [5.41, 5.74) is 10.0. The highest BCUT2D eigenvalue weighted by atomic mass is 16.4. The number of aliphatic hydroxyl groups excluding tert-OH is 1. The van der Waals surface area contributed by atoms with E-state index in [1.54, 1.807) is 34.9 Å². The SMILES string of the molecule is Nc1c(-c2ccc3[nH]c(=O)oc3c2)nc2ccc(CO)cn12. The van der Waals surface area contributed by atoms with Gasteiger partial charge in [0.05, 0.1) is 12.1 Å². The molecular formula is C15H12N4O3. The second-order valence-electron chi connectivity index (χ2n) is 4.99. The lowest BCUT2D eigenvalue weighted by Crippen LogP contribution is -1.96. The first-order chi connectivity index (χ1) is 10.7. The van der Waals surface area contributed by atoms with Gasteiger partial charge < -0.3 is 15.3 Å². The first kappa shape index (κ1) is 12.7. The maximum atomic E-state index is 11.2. The molecule has 4 aromatic rings. The molecule has 0 fully saturated rings. The number of imidazole rings is 1. The second-order valence-corrected chi connectivity index (χ2v) is 4.99. The number of aliphatic hydroxyl groups is 1. The normalized spacial score (nSPS) is 11.5. The molecule has 3 heterocycles. The molecule has 0 aliphatic heterocycles. The van der Waals surface area contributed by atoms with Crippen molar-refractivity contribution in [3.63, 3.8) is 0 Å². The Kier molecular flexibility index (Phi) is 2.57. The summed E-state index contributed by atoms with van der Waals surface area (Å²) in [6, 6.07) is 8.87. The number of anilines is 1. The largest absolute Gasteiger partial charge is 0.417 e. The van der Waals surface area contributed by atoms with Crippen molar-refractivity contribution in [3.05, 3.63) is 52.6 Å². The summed E-state index contributed by atoms with van der Waals surface area (Å²) in [5, 5.41) is 9.21. The lowest BCUT2D eigenvalue weighted by Gasteiger charge is -2.01. The van der Waals surface area contributed by atoms with Crippen LogP contribution < -0.4 is 11.5 Å². The zero-order valence-corrected chi connectivity index (χ0v) is 11.4. The van der Waals surface area contributed by atoms with E-state index in [2.05, 4.69) is 9.97 Å². The molecule has 22 heavy (non-hydrogen) atoms. The summed E-state index contributed by atoms with van der Waals surface area (Å²) < 4.78 is 6.78. The third-order valence-electron chi connectivity index (χ3n) is 3.59. The lowest BCUT2D eigenvalue weighted by molar-refractivity contribution is 0.281. The highest BCUT2D eigenvalue weighted by Crippen LogP contribution is 2.28. The highest BCUT2D eigenvalue weighted by Gasteiger charge is 2.13. The van der Waals surface area contributed by atoms with Crippen molar-refractivity contribution in [1.29, 1.82) is 0 Å². The van der Waals surface area contributed by atoms with Gasteiger partial charge in [-0.25, -0.2) is 9.78 Å². The fourth-order valence-electron chi connectivity index (χ4n) is 2.51. The summed E-state index contributed by atoms with van der Waals surface area (Å²) in [4.78, 5) is 18.3. The number of nitrogens with zero attached hydrogens (tertiary/aromatic N) is 2. The monoisotopic (exact) mass is 296 g/mol. The average Bonchev–Trinajstić information content (AvgIpc) is 3.05. The van der Waals surface area contributed by atoms with Crippen LogP contribution in [0.5, 0.6) is 0 Å². The van der Waals surface area contributed by atoms with Crippen LogP contribution in [0.15, 0.2) is 45.7 Å². The number of benzene rings is 1. The second kappa shape index (κ2) is 4.47. The first-order valence-electron chi connectivity index (χ1n) is 6.66. The lowest BCUT2D eigenvalue weighted by atomic mass is 10.1. The van der Waals surface area contributed by atoms with E-state index in [1.165, 1.54) is 0 Å². The third kappa shape index (κ3) is 1.80. The molecule has 0 saturated heterocycles. The van der Waals surface area contributed by atoms with Crippen LogP contribution in [0.3, 0.4) is 0 Å². The van der Waals surface area contributed by atoms with E-state index < -0.39 is 5.76 Å². The fraction of sp³-hybridized carbons (Fsp3) is 0.0667. The van der Waals surface area contributed by atoms with Gasteiger partial charge in [0.25, 0.3) is 0 Å². The number of nitrogens with one attached hydrogen (secondary N) is 1. The number of hydrogen-bond donors (Lipinski definition) is 3. The Labute approximate surface area is 123 Å². The minimum absolute atomic E-state index is 0.0661. The van der Waals surface area contributed by atoms with Crippen molar-refractivity contribution in [2.45, 2.75) is 6.61 Å². The van der Waals surface area contributed by atoms with E-state index in [1.807, 2.05) is 6.07 Å². The first-order valence-corrected chi connectivity index (χ1v) is 6.66. The van der Waals surface area contributed by atoms with Crippen molar-refractivity contribution in [3.8, 4) is 11.3 Å². The maximum absolute atomic E-state index is 11.2. The van der Waals surface area contributed by atoms with Gasteiger partial charge in [-0.1, -0.05) is 12.1 Å². The fourth-order valence-corrected chi connectivity index (χ4v) is 2.51. The number of rotatable bonds is 2. The predicted molar refractivity (Wildman–Crippen MR) is 81.4 cm³/mol. The Hall–Kier alpha value is -3.06. The zero-order valence-electron chi connectivity index (χ0n) is 11.4. The molecule has 4 N–H and O–H groups in total. The van der Waals surface area contributed by atoms with E-state index in [-0.39, 0.29) is 6.61 Å². The molecule has 0 atom stereocenters. The van der Waals surface area contributed by atoms with Crippen molar-refractivity contribution < 1.29 is 9.52 Å². The number of aromatic nitrogens is 3. The van der Waals surface area contributed by atoms with Gasteiger partial charge in [-0.2, -0.15) is 0 Å². The van der Waals surface area contributed by atoms with Crippen molar-refractivity contribution in [1.82, 2.24) is 14.4 Å². The number of nitrogens with two attached hydrogens (primary N) is 1. The Morgan fingerprint density at radius 3 is 3.00 bits per heavy atom. The standard InChI is InChI=1S/C15H12N4O3/c16-14-13(18-12-4-1-8(7-20)6-19(12)14)9-2-3-10-11(5-9)22-15(21)17-10/h1-6,20H,7,16H2,(H,17,21). The van der Waals surface area contributed by atoms with Crippen molar-refractivity contribution in [2.75, 3.05) is 5.73 Å². The van der Waals surface area contributed by atoms with Gasteiger partial charge in [-0.15, -0.1) is 0 Å². The zero-order chi connectivity index (χ0) is 15.3. The highest BCUT2D eigenvalue weighted by molar-refractivity contribution is 5.83. The predicted octanol–water partition coefficient (Wildman–Crippen LogP) is 1.51. The molecule has 0 unspecified atom stereocenters. The molecule has 0 amide bonds. The van der Waals surface area contributed by atoms with Gasteiger partial charge in [-0.05, 0) is 23.8 Å². The number of oxazole rings is 1. The number of pyridine rings is 1. The summed E-state index contributed by atoms with van der Waals surface area (Å²) in [6.45, 7) is -0.0661. The summed E-state index contributed by atoms with van der Waals surface area (Å²) in [5.74, 6) is -0.0368. The molecule has 110 valence electrons. The Morgan fingerprint density at radius 1 is 1.32 bits per heavy atom. The van der Waals surface area contributed by atoms with Crippen LogP contribution in [0, 0.1) is 0 Å². The third-order valence-corrected chi connectivity index (χ3v) is 3.59. The minimum atomic E-state index is -0.497. The molecule has 4 rings (SSSR count). The molecule has 7 heteroatoms. The van der Waals surface area contributed by atoms with Crippen molar-refractivity contribution >= 4 is 22.6 Å². The Balaban J connectivity index is 1.94. The van der Waals surface area contributed by atoms with Crippen LogP contribution in [0.4, 0.5) is 5.82 Å². The van der Waals surface area contributed by atoms with Crippen LogP contribution in [0.2, 0.25) is 0 Å². The van der Waals surface area contributed by atoms with Gasteiger partial charge >= 0.3 is 5.76 Å². The molecule has 0 aliphatic rings. The van der Waals surface area contributed by atoms with Crippen LogP contribution >= 0.6 is 0 Å². The molecule has 0 radical (unpaired) electrons. The summed E-state index contributed by atoms with van der Waals surface area (Å²) in [7, 11) is 0. The van der Waals surface area contributed by atoms with Crippen LogP contribution in [-0.2, 0) is 6.61 Å². The van der Waals surface area contributed by atoms with Crippen LogP contribution in [0.1, 0.15) is 5.56 Å². The van der Waals surface area contributed by atoms with Crippen molar-refractivity contribution in [2.24, 2.45) is 0 Å². The van der Waals surface area contributed by atoms with E-state index >= 15 is 0 Å². The van der Waals surface area contributed by atoms with Crippen LogP contribution in [0.25, 0.3) is 28.0 Å².